The Labute approximate surface area is 124 Å². The van der Waals surface area contributed by atoms with E-state index in [1.807, 2.05) is 29.3 Å². The number of pyridine rings is 1. The van der Waals surface area contributed by atoms with E-state index in [9.17, 15) is 4.79 Å². The van der Waals surface area contributed by atoms with E-state index in [1.165, 1.54) is 0 Å². The van der Waals surface area contributed by atoms with Gasteiger partial charge in [-0.1, -0.05) is 11.2 Å². The van der Waals surface area contributed by atoms with Gasteiger partial charge in [-0.25, -0.2) is 0 Å². The van der Waals surface area contributed by atoms with Crippen molar-refractivity contribution in [3.8, 4) is 0 Å². The van der Waals surface area contributed by atoms with Gasteiger partial charge in [0.2, 0.25) is 0 Å². The molecule has 1 unspecified atom stereocenters. The molecule has 1 amide bonds. The van der Waals surface area contributed by atoms with Crippen molar-refractivity contribution >= 4 is 5.91 Å². The maximum absolute atomic E-state index is 12.4. The summed E-state index contributed by atoms with van der Waals surface area (Å²) in [7, 11) is 0. The molecule has 1 atom stereocenters. The van der Waals surface area contributed by atoms with Crippen LogP contribution in [0.1, 0.15) is 34.8 Å². The van der Waals surface area contributed by atoms with Crippen molar-refractivity contribution in [2.45, 2.75) is 26.2 Å². The van der Waals surface area contributed by atoms with Crippen LogP contribution in [-0.4, -0.2) is 34.0 Å². The lowest BCUT2D eigenvalue weighted by Crippen LogP contribution is -2.40. The second-order valence-electron chi connectivity index (χ2n) is 5.61. The highest BCUT2D eigenvalue weighted by Gasteiger charge is 2.26. The fourth-order valence-corrected chi connectivity index (χ4v) is 2.86. The molecule has 21 heavy (non-hydrogen) atoms. The third-order valence-electron chi connectivity index (χ3n) is 3.88. The minimum atomic E-state index is -0.0300. The third-order valence-corrected chi connectivity index (χ3v) is 3.88. The summed E-state index contributed by atoms with van der Waals surface area (Å²) >= 11 is 0. The van der Waals surface area contributed by atoms with Crippen LogP contribution < -0.4 is 0 Å². The molecule has 0 aromatic carbocycles. The van der Waals surface area contributed by atoms with Crippen LogP contribution in [0.15, 0.2) is 35.0 Å². The first kappa shape index (κ1) is 13.8. The molecule has 3 heterocycles. The molecule has 0 bridgehead atoms. The third kappa shape index (κ3) is 3.29. The molecule has 1 aliphatic rings. The summed E-state index contributed by atoms with van der Waals surface area (Å²) in [5.41, 5.74) is 1.50. The zero-order valence-corrected chi connectivity index (χ0v) is 12.2. The zero-order valence-electron chi connectivity index (χ0n) is 12.2. The number of aryl methyl sites for hydroxylation is 1. The van der Waals surface area contributed by atoms with Gasteiger partial charge >= 0.3 is 0 Å². The van der Waals surface area contributed by atoms with E-state index < -0.39 is 0 Å². The molecule has 1 aliphatic heterocycles. The number of likely N-dealkylation sites (tertiary alicyclic amines) is 1. The van der Waals surface area contributed by atoms with Crippen molar-refractivity contribution < 1.29 is 9.32 Å². The summed E-state index contributed by atoms with van der Waals surface area (Å²) < 4.78 is 4.99. The zero-order chi connectivity index (χ0) is 14.7. The minimum absolute atomic E-state index is 0.0300. The molecule has 0 spiro atoms. The number of rotatable bonds is 3. The fourth-order valence-electron chi connectivity index (χ4n) is 2.86. The highest BCUT2D eigenvalue weighted by molar-refractivity contribution is 5.92. The lowest BCUT2D eigenvalue weighted by Gasteiger charge is -2.32. The SMILES string of the molecule is Cc1cc(C(=O)N2CCCC(Cc3ccccn3)C2)no1. The number of piperidine rings is 1. The van der Waals surface area contributed by atoms with Crippen molar-refractivity contribution in [2.24, 2.45) is 5.92 Å². The number of hydrogen-bond donors (Lipinski definition) is 0. The first-order valence-electron chi connectivity index (χ1n) is 7.35. The van der Waals surface area contributed by atoms with Gasteiger partial charge in [0, 0.05) is 31.0 Å². The number of carbonyl (C=O) groups excluding carboxylic acids is 1. The molecular formula is C16H19N3O2. The molecule has 0 aliphatic carbocycles. The van der Waals surface area contributed by atoms with Crippen LogP contribution in [0.5, 0.6) is 0 Å². The van der Waals surface area contributed by atoms with E-state index in [0.29, 0.717) is 17.4 Å². The Bertz CT molecular complexity index is 609. The standard InChI is InChI=1S/C16H19N3O2/c1-12-9-15(18-21-12)16(20)19-8-4-5-13(11-19)10-14-6-2-3-7-17-14/h2-3,6-7,9,13H,4-5,8,10-11H2,1H3. The quantitative estimate of drug-likeness (QED) is 0.869. The molecule has 1 fully saturated rings. The van der Waals surface area contributed by atoms with Crippen LogP contribution in [0, 0.1) is 12.8 Å². The normalized spacial score (nSPS) is 18.7. The van der Waals surface area contributed by atoms with Crippen molar-refractivity contribution in [1.82, 2.24) is 15.0 Å². The molecule has 1 saturated heterocycles. The Morgan fingerprint density at radius 2 is 2.38 bits per heavy atom. The number of amides is 1. The molecule has 0 saturated carbocycles. The number of hydrogen-bond acceptors (Lipinski definition) is 4. The van der Waals surface area contributed by atoms with Gasteiger partial charge in [0.15, 0.2) is 5.69 Å². The highest BCUT2D eigenvalue weighted by atomic mass is 16.5. The molecule has 110 valence electrons. The fraction of sp³-hybridized carbons (Fsp3) is 0.438. The largest absolute Gasteiger partial charge is 0.361 e. The molecule has 2 aromatic heterocycles. The van der Waals surface area contributed by atoms with Gasteiger partial charge in [-0.05, 0) is 44.2 Å². The van der Waals surface area contributed by atoms with Crippen LogP contribution in [0.25, 0.3) is 0 Å². The Balaban J connectivity index is 1.64. The highest BCUT2D eigenvalue weighted by Crippen LogP contribution is 2.21. The van der Waals surface area contributed by atoms with Gasteiger partial charge in [-0.15, -0.1) is 0 Å². The maximum atomic E-state index is 12.4. The van der Waals surface area contributed by atoms with E-state index in [4.69, 9.17) is 4.52 Å². The van der Waals surface area contributed by atoms with Gasteiger partial charge in [-0.3, -0.25) is 9.78 Å². The topological polar surface area (TPSA) is 59.2 Å². The Kier molecular flexibility index (Phi) is 3.99. The van der Waals surface area contributed by atoms with Crippen molar-refractivity contribution in [3.63, 3.8) is 0 Å². The molecular weight excluding hydrogens is 266 g/mol. The summed E-state index contributed by atoms with van der Waals surface area (Å²) in [6, 6.07) is 7.67. The minimum Gasteiger partial charge on any atom is -0.361 e. The van der Waals surface area contributed by atoms with Crippen molar-refractivity contribution in [3.05, 3.63) is 47.6 Å². The van der Waals surface area contributed by atoms with Gasteiger partial charge in [0.1, 0.15) is 5.76 Å². The van der Waals surface area contributed by atoms with E-state index in [0.717, 1.165) is 38.0 Å². The second kappa shape index (κ2) is 6.08. The second-order valence-corrected chi connectivity index (χ2v) is 5.61. The summed E-state index contributed by atoms with van der Waals surface area (Å²) in [6.45, 7) is 3.36. The van der Waals surface area contributed by atoms with Crippen LogP contribution in [0.3, 0.4) is 0 Å². The van der Waals surface area contributed by atoms with E-state index in [2.05, 4.69) is 10.1 Å². The molecule has 3 rings (SSSR count). The van der Waals surface area contributed by atoms with Crippen molar-refractivity contribution in [1.29, 1.82) is 0 Å². The van der Waals surface area contributed by atoms with E-state index in [1.54, 1.807) is 13.0 Å². The summed E-state index contributed by atoms with van der Waals surface area (Å²) in [6.07, 6.45) is 4.90. The predicted molar refractivity (Wildman–Crippen MR) is 77.8 cm³/mol. The Morgan fingerprint density at radius 1 is 1.48 bits per heavy atom. The smallest absolute Gasteiger partial charge is 0.276 e. The van der Waals surface area contributed by atoms with Crippen LogP contribution in [0.2, 0.25) is 0 Å². The molecule has 0 radical (unpaired) electrons. The van der Waals surface area contributed by atoms with E-state index >= 15 is 0 Å². The van der Waals surface area contributed by atoms with E-state index in [-0.39, 0.29) is 5.91 Å². The summed E-state index contributed by atoms with van der Waals surface area (Å²) in [5.74, 6) is 1.10. The van der Waals surface area contributed by atoms with Crippen molar-refractivity contribution in [2.75, 3.05) is 13.1 Å². The molecule has 2 aromatic rings. The van der Waals surface area contributed by atoms with Gasteiger partial charge in [-0.2, -0.15) is 0 Å². The average Bonchev–Trinajstić information content (AvgIpc) is 2.94. The maximum Gasteiger partial charge on any atom is 0.276 e. The van der Waals surface area contributed by atoms with Gasteiger partial charge < -0.3 is 9.42 Å². The van der Waals surface area contributed by atoms with Gasteiger partial charge in [0.05, 0.1) is 0 Å². The predicted octanol–water partition coefficient (Wildman–Crippen LogP) is 2.47. The van der Waals surface area contributed by atoms with Crippen LogP contribution >= 0.6 is 0 Å². The molecule has 5 heteroatoms. The monoisotopic (exact) mass is 285 g/mol. The van der Waals surface area contributed by atoms with Crippen LogP contribution in [0.4, 0.5) is 0 Å². The molecule has 5 nitrogen and oxygen atoms in total. The first-order valence-corrected chi connectivity index (χ1v) is 7.35. The summed E-state index contributed by atoms with van der Waals surface area (Å²) in [4.78, 5) is 18.7. The van der Waals surface area contributed by atoms with Gasteiger partial charge in [0.25, 0.3) is 5.91 Å². The van der Waals surface area contributed by atoms with Crippen LogP contribution in [-0.2, 0) is 6.42 Å². The summed E-state index contributed by atoms with van der Waals surface area (Å²) in [5, 5.41) is 3.82. The number of aromatic nitrogens is 2. The number of nitrogens with zero attached hydrogens (tertiary/aromatic N) is 3. The Morgan fingerprint density at radius 3 is 3.10 bits per heavy atom. The lowest BCUT2D eigenvalue weighted by molar-refractivity contribution is 0.0662. The average molecular weight is 285 g/mol. The first-order chi connectivity index (χ1) is 10.2. The lowest BCUT2D eigenvalue weighted by atomic mass is 9.93. The molecule has 0 N–H and O–H groups in total. The Hall–Kier alpha value is -2.17. The number of carbonyl (C=O) groups is 1.